The zero-order valence-electron chi connectivity index (χ0n) is 8.29. The molecule has 1 aliphatic rings. The van der Waals surface area contributed by atoms with Crippen LogP contribution in [0.3, 0.4) is 0 Å². The molecule has 12 heavy (non-hydrogen) atoms. The van der Waals surface area contributed by atoms with Crippen molar-refractivity contribution in [3.05, 3.63) is 0 Å². The van der Waals surface area contributed by atoms with Gasteiger partial charge in [-0.3, -0.25) is 4.90 Å². The van der Waals surface area contributed by atoms with Crippen LogP contribution in [0.5, 0.6) is 0 Å². The second-order valence-electron chi connectivity index (χ2n) is 3.90. The van der Waals surface area contributed by atoms with Crippen LogP contribution in [-0.2, 0) is 0 Å². The number of aliphatic hydroxyl groups excluding tert-OH is 1. The molecule has 0 spiro atoms. The second kappa shape index (κ2) is 4.83. The Bertz CT molecular complexity index is 127. The number of aliphatic hydroxyl groups is 1. The summed E-state index contributed by atoms with van der Waals surface area (Å²) in [5.41, 5.74) is 0. The summed E-state index contributed by atoms with van der Waals surface area (Å²) in [4.78, 5) is 2.41. The third-order valence-corrected chi connectivity index (χ3v) is 2.86. The van der Waals surface area contributed by atoms with E-state index >= 15 is 0 Å². The van der Waals surface area contributed by atoms with Crippen molar-refractivity contribution in [1.29, 1.82) is 0 Å². The molecule has 1 N–H and O–H groups in total. The van der Waals surface area contributed by atoms with Gasteiger partial charge < -0.3 is 5.11 Å². The molecule has 0 bridgehead atoms. The fraction of sp³-hybridized carbons (Fsp3) is 1.00. The van der Waals surface area contributed by atoms with Gasteiger partial charge in [0.2, 0.25) is 0 Å². The molecule has 2 heteroatoms. The largest absolute Gasteiger partial charge is 0.392 e. The van der Waals surface area contributed by atoms with E-state index in [9.17, 15) is 5.11 Å². The maximum absolute atomic E-state index is 9.49. The molecule has 1 aliphatic heterocycles. The van der Waals surface area contributed by atoms with Crippen LogP contribution in [0.2, 0.25) is 0 Å². The Morgan fingerprint density at radius 2 is 2.25 bits per heavy atom. The van der Waals surface area contributed by atoms with Crippen LogP contribution in [0.25, 0.3) is 0 Å². The van der Waals surface area contributed by atoms with Crippen molar-refractivity contribution in [2.75, 3.05) is 13.1 Å². The van der Waals surface area contributed by atoms with Crippen molar-refractivity contribution < 1.29 is 5.11 Å². The van der Waals surface area contributed by atoms with Crippen LogP contribution in [0.4, 0.5) is 0 Å². The molecular weight excluding hydrogens is 150 g/mol. The minimum absolute atomic E-state index is 0.120. The van der Waals surface area contributed by atoms with Crippen molar-refractivity contribution in [1.82, 2.24) is 4.90 Å². The molecule has 2 atom stereocenters. The van der Waals surface area contributed by atoms with E-state index in [1.54, 1.807) is 0 Å². The van der Waals surface area contributed by atoms with Gasteiger partial charge in [0.05, 0.1) is 6.10 Å². The SMILES string of the molecule is CCC(O)CN1CCCCC1C. The molecule has 0 aromatic heterocycles. The lowest BCUT2D eigenvalue weighted by atomic mass is 10.0. The lowest BCUT2D eigenvalue weighted by Gasteiger charge is -2.34. The van der Waals surface area contributed by atoms with Gasteiger partial charge in [-0.1, -0.05) is 13.3 Å². The molecule has 72 valence electrons. The van der Waals surface area contributed by atoms with E-state index in [1.165, 1.54) is 25.8 Å². The smallest absolute Gasteiger partial charge is 0.0664 e. The molecule has 0 saturated carbocycles. The Balaban J connectivity index is 2.28. The van der Waals surface area contributed by atoms with Gasteiger partial charge in [-0.2, -0.15) is 0 Å². The van der Waals surface area contributed by atoms with Crippen molar-refractivity contribution in [3.63, 3.8) is 0 Å². The molecule has 0 aliphatic carbocycles. The summed E-state index contributed by atoms with van der Waals surface area (Å²) in [5, 5.41) is 9.49. The van der Waals surface area contributed by atoms with Crippen molar-refractivity contribution in [2.45, 2.75) is 51.7 Å². The molecule has 0 amide bonds. The molecule has 0 aromatic carbocycles. The highest BCUT2D eigenvalue weighted by Gasteiger charge is 2.19. The molecule has 1 fully saturated rings. The lowest BCUT2D eigenvalue weighted by Crippen LogP contribution is -2.41. The van der Waals surface area contributed by atoms with E-state index < -0.39 is 0 Å². The predicted octanol–water partition coefficient (Wildman–Crippen LogP) is 1.63. The number of likely N-dealkylation sites (tertiary alicyclic amines) is 1. The van der Waals surface area contributed by atoms with Gasteiger partial charge in [0.15, 0.2) is 0 Å². The first-order valence-corrected chi connectivity index (χ1v) is 5.16. The van der Waals surface area contributed by atoms with Crippen LogP contribution in [0, 0.1) is 0 Å². The monoisotopic (exact) mass is 171 g/mol. The topological polar surface area (TPSA) is 23.5 Å². The number of piperidine rings is 1. The van der Waals surface area contributed by atoms with E-state index in [0.29, 0.717) is 6.04 Å². The number of hydrogen-bond acceptors (Lipinski definition) is 2. The van der Waals surface area contributed by atoms with Crippen LogP contribution in [0.15, 0.2) is 0 Å². The molecule has 0 aromatic rings. The van der Waals surface area contributed by atoms with Crippen molar-refractivity contribution >= 4 is 0 Å². The molecule has 1 rings (SSSR count). The third kappa shape index (κ3) is 2.76. The normalized spacial score (nSPS) is 28.8. The molecule has 2 unspecified atom stereocenters. The number of β-amino-alcohol motifs (C(OH)–C–C–N with tert-alkyl or cyclic N) is 1. The zero-order valence-corrected chi connectivity index (χ0v) is 8.29. The second-order valence-corrected chi connectivity index (χ2v) is 3.90. The third-order valence-electron chi connectivity index (χ3n) is 2.86. The van der Waals surface area contributed by atoms with Crippen LogP contribution < -0.4 is 0 Å². The van der Waals surface area contributed by atoms with Gasteiger partial charge in [0.1, 0.15) is 0 Å². The maximum Gasteiger partial charge on any atom is 0.0664 e. The highest BCUT2D eigenvalue weighted by Crippen LogP contribution is 2.16. The summed E-state index contributed by atoms with van der Waals surface area (Å²) in [5.74, 6) is 0. The Morgan fingerprint density at radius 3 is 2.83 bits per heavy atom. The highest BCUT2D eigenvalue weighted by atomic mass is 16.3. The number of nitrogens with zero attached hydrogens (tertiary/aromatic N) is 1. The van der Waals surface area contributed by atoms with Crippen LogP contribution in [-0.4, -0.2) is 35.2 Å². The number of rotatable bonds is 3. The fourth-order valence-electron chi connectivity index (χ4n) is 1.83. The Kier molecular flexibility index (Phi) is 4.02. The van der Waals surface area contributed by atoms with E-state index in [0.717, 1.165) is 13.0 Å². The summed E-state index contributed by atoms with van der Waals surface area (Å²) in [6.07, 6.45) is 4.73. The van der Waals surface area contributed by atoms with Gasteiger partial charge >= 0.3 is 0 Å². The maximum atomic E-state index is 9.49. The van der Waals surface area contributed by atoms with E-state index in [-0.39, 0.29) is 6.10 Å². The van der Waals surface area contributed by atoms with Crippen LogP contribution >= 0.6 is 0 Å². The fourth-order valence-corrected chi connectivity index (χ4v) is 1.83. The van der Waals surface area contributed by atoms with Gasteiger partial charge in [0.25, 0.3) is 0 Å². The summed E-state index contributed by atoms with van der Waals surface area (Å²) < 4.78 is 0. The van der Waals surface area contributed by atoms with Gasteiger partial charge in [-0.25, -0.2) is 0 Å². The molecule has 1 saturated heterocycles. The molecule has 1 heterocycles. The summed E-state index contributed by atoms with van der Waals surface area (Å²) in [6, 6.07) is 0.681. The average molecular weight is 171 g/mol. The van der Waals surface area contributed by atoms with Gasteiger partial charge in [-0.05, 0) is 32.7 Å². The Hall–Kier alpha value is -0.0800. The summed E-state index contributed by atoms with van der Waals surface area (Å²) in [7, 11) is 0. The van der Waals surface area contributed by atoms with Gasteiger partial charge in [-0.15, -0.1) is 0 Å². The average Bonchev–Trinajstić information content (AvgIpc) is 2.09. The zero-order chi connectivity index (χ0) is 8.97. The van der Waals surface area contributed by atoms with Crippen molar-refractivity contribution in [2.24, 2.45) is 0 Å². The number of hydrogen-bond donors (Lipinski definition) is 1. The minimum Gasteiger partial charge on any atom is -0.392 e. The first-order valence-electron chi connectivity index (χ1n) is 5.16. The summed E-state index contributed by atoms with van der Waals surface area (Å²) >= 11 is 0. The van der Waals surface area contributed by atoms with E-state index in [1.807, 2.05) is 6.92 Å². The minimum atomic E-state index is -0.120. The van der Waals surface area contributed by atoms with Gasteiger partial charge in [0, 0.05) is 12.6 Å². The standard InChI is InChI=1S/C10H21NO/c1-3-10(12)8-11-7-5-4-6-9(11)2/h9-10,12H,3-8H2,1-2H3. The van der Waals surface area contributed by atoms with E-state index in [4.69, 9.17) is 0 Å². The Morgan fingerprint density at radius 1 is 1.50 bits per heavy atom. The highest BCUT2D eigenvalue weighted by molar-refractivity contribution is 4.74. The molecule has 0 radical (unpaired) electrons. The quantitative estimate of drug-likeness (QED) is 0.697. The predicted molar refractivity (Wildman–Crippen MR) is 51.2 cm³/mol. The first-order chi connectivity index (χ1) is 5.74. The van der Waals surface area contributed by atoms with Crippen LogP contribution in [0.1, 0.15) is 39.5 Å². The first kappa shape index (κ1) is 10.0. The molecular formula is C10H21NO. The molecule has 2 nitrogen and oxygen atoms in total. The lowest BCUT2D eigenvalue weighted by molar-refractivity contribution is 0.0714. The summed E-state index contributed by atoms with van der Waals surface area (Å²) in [6.45, 7) is 6.36. The Labute approximate surface area is 75.6 Å². The van der Waals surface area contributed by atoms with E-state index in [2.05, 4.69) is 11.8 Å². The van der Waals surface area contributed by atoms with Crippen molar-refractivity contribution in [3.8, 4) is 0 Å².